The Labute approximate surface area is 238 Å². The second kappa shape index (κ2) is 11.5. The van der Waals surface area contributed by atoms with Gasteiger partial charge in [-0.3, -0.25) is 0 Å². The fourth-order valence-corrected chi connectivity index (χ4v) is 6.08. The summed E-state index contributed by atoms with van der Waals surface area (Å²) in [6.45, 7) is 10.8. The fraction of sp³-hybridized carbons (Fsp3) is 0.429. The van der Waals surface area contributed by atoms with E-state index in [0.717, 1.165) is 54.6 Å². The molecule has 2 N–H and O–H groups in total. The van der Waals surface area contributed by atoms with Gasteiger partial charge < -0.3 is 20.3 Å². The summed E-state index contributed by atoms with van der Waals surface area (Å²) in [7, 11) is 0. The molecule has 1 aromatic carbocycles. The first kappa shape index (κ1) is 27.4. The van der Waals surface area contributed by atoms with E-state index in [1.165, 1.54) is 0 Å². The Morgan fingerprint density at radius 2 is 1.74 bits per heavy atom. The smallest absolute Gasteiger partial charge is 0.225 e. The van der Waals surface area contributed by atoms with E-state index < -0.39 is 0 Å². The minimum absolute atomic E-state index is 0.0881. The topological polar surface area (TPSA) is 97.7 Å². The number of halogens is 2. The summed E-state index contributed by atoms with van der Waals surface area (Å²) in [4.78, 5) is 18.4. The number of anilines is 2. The fourth-order valence-electron chi connectivity index (χ4n) is 5.43. The molecule has 0 saturated carbocycles. The van der Waals surface area contributed by atoms with Crippen LogP contribution in [-0.2, 0) is 0 Å². The molecule has 1 fully saturated rings. The van der Waals surface area contributed by atoms with Gasteiger partial charge in [0.05, 0.1) is 27.9 Å². The van der Waals surface area contributed by atoms with Crippen molar-refractivity contribution in [2.75, 3.05) is 36.0 Å². The lowest BCUT2D eigenvalue weighted by molar-refractivity contribution is 0.340. The molecule has 39 heavy (non-hydrogen) atoms. The highest BCUT2D eigenvalue weighted by molar-refractivity contribution is 6.39. The molecule has 0 bridgehead atoms. The molecule has 0 aliphatic carbocycles. The van der Waals surface area contributed by atoms with E-state index in [2.05, 4.69) is 32.8 Å². The molecule has 0 spiro atoms. The van der Waals surface area contributed by atoms with Gasteiger partial charge in [0.1, 0.15) is 11.6 Å². The largest absolute Gasteiger partial charge is 0.494 e. The first-order valence-corrected chi connectivity index (χ1v) is 14.1. The molecule has 1 atom stereocenters. The third-order valence-corrected chi connectivity index (χ3v) is 7.82. The summed E-state index contributed by atoms with van der Waals surface area (Å²) < 4.78 is 7.55. The molecule has 4 heterocycles. The van der Waals surface area contributed by atoms with E-state index in [1.807, 2.05) is 31.4 Å². The predicted octanol–water partition coefficient (Wildman–Crippen LogP) is 5.33. The van der Waals surface area contributed by atoms with Crippen LogP contribution in [0.15, 0.2) is 36.7 Å². The average Bonchev–Trinajstić information content (AvgIpc) is 3.25. The zero-order valence-corrected chi connectivity index (χ0v) is 24.2. The van der Waals surface area contributed by atoms with Crippen molar-refractivity contribution in [2.24, 2.45) is 5.73 Å². The summed E-state index contributed by atoms with van der Waals surface area (Å²) >= 11 is 13.5. The molecule has 1 unspecified atom stereocenters. The standard InChI is InChI=1S/C28H34Cl2N8O/c1-5-39-21-14-22(29)26(23(30)15-21)25-19(4)35-38-24(13-17(2)34-27(25)38)37(18(3)16-31)20-7-11-36(12-8-20)28-32-9-6-10-33-28/h6,9-10,13-15,18,20H,5,7-8,11-12,16,31H2,1-4H3. The van der Waals surface area contributed by atoms with Gasteiger partial charge >= 0.3 is 0 Å². The van der Waals surface area contributed by atoms with Crippen molar-refractivity contribution in [1.29, 1.82) is 0 Å². The Kier molecular flexibility index (Phi) is 8.11. The maximum Gasteiger partial charge on any atom is 0.225 e. The van der Waals surface area contributed by atoms with E-state index in [4.69, 9.17) is 43.8 Å². The van der Waals surface area contributed by atoms with Crippen molar-refractivity contribution in [3.05, 3.63) is 58.1 Å². The van der Waals surface area contributed by atoms with Crippen molar-refractivity contribution in [3.8, 4) is 16.9 Å². The number of hydrogen-bond acceptors (Lipinski definition) is 8. The minimum atomic E-state index is 0.0881. The van der Waals surface area contributed by atoms with E-state index >= 15 is 0 Å². The second-order valence-corrected chi connectivity index (χ2v) is 10.7. The lowest BCUT2D eigenvalue weighted by atomic mass is 10.0. The Bertz CT molecular complexity index is 1430. The molecule has 1 aliphatic rings. The van der Waals surface area contributed by atoms with Crippen LogP contribution in [0.3, 0.4) is 0 Å². The van der Waals surface area contributed by atoms with Crippen molar-refractivity contribution in [3.63, 3.8) is 0 Å². The van der Waals surface area contributed by atoms with Gasteiger partial charge in [0, 0.05) is 61.4 Å². The van der Waals surface area contributed by atoms with Crippen LogP contribution in [0.5, 0.6) is 5.75 Å². The van der Waals surface area contributed by atoms with Crippen molar-refractivity contribution in [2.45, 2.75) is 52.6 Å². The molecule has 206 valence electrons. The SMILES string of the molecule is CCOc1cc(Cl)c(-c2c(C)nn3c(N(C(C)CN)C4CCN(c5ncccn5)CC4)cc(C)nc23)c(Cl)c1. The maximum absolute atomic E-state index is 6.76. The first-order chi connectivity index (χ1) is 18.8. The van der Waals surface area contributed by atoms with E-state index in [-0.39, 0.29) is 12.1 Å². The van der Waals surface area contributed by atoms with Crippen LogP contribution in [0.4, 0.5) is 11.8 Å². The van der Waals surface area contributed by atoms with Gasteiger partial charge in [-0.25, -0.2) is 15.0 Å². The molecule has 5 rings (SSSR count). The Balaban J connectivity index is 1.56. The molecule has 1 aliphatic heterocycles. The highest BCUT2D eigenvalue weighted by atomic mass is 35.5. The highest BCUT2D eigenvalue weighted by Crippen LogP contribution is 2.42. The number of benzene rings is 1. The maximum atomic E-state index is 6.76. The number of aromatic nitrogens is 5. The minimum Gasteiger partial charge on any atom is -0.494 e. The van der Waals surface area contributed by atoms with Crippen LogP contribution >= 0.6 is 23.2 Å². The molecule has 4 aromatic rings. The average molecular weight is 570 g/mol. The number of nitrogens with two attached hydrogens (primary N) is 1. The van der Waals surface area contributed by atoms with Gasteiger partial charge in [-0.1, -0.05) is 23.2 Å². The monoisotopic (exact) mass is 568 g/mol. The van der Waals surface area contributed by atoms with Gasteiger partial charge in [0.15, 0.2) is 5.65 Å². The van der Waals surface area contributed by atoms with Crippen LogP contribution in [0.1, 0.15) is 38.1 Å². The summed E-state index contributed by atoms with van der Waals surface area (Å²) in [5.41, 5.74) is 10.1. The molecular formula is C28H34Cl2N8O. The summed E-state index contributed by atoms with van der Waals surface area (Å²) in [5, 5.41) is 5.95. The van der Waals surface area contributed by atoms with Gasteiger partial charge in [0.25, 0.3) is 0 Å². The zero-order chi connectivity index (χ0) is 27.7. The predicted molar refractivity (Wildman–Crippen MR) is 157 cm³/mol. The number of fused-ring (bicyclic) bond motifs is 1. The molecule has 1 saturated heterocycles. The van der Waals surface area contributed by atoms with Crippen LogP contribution in [0.25, 0.3) is 16.8 Å². The molecule has 3 aromatic heterocycles. The number of aryl methyl sites for hydroxylation is 2. The third kappa shape index (κ3) is 5.35. The number of rotatable bonds is 8. The zero-order valence-electron chi connectivity index (χ0n) is 22.7. The molecule has 0 amide bonds. The number of ether oxygens (including phenoxy) is 1. The van der Waals surface area contributed by atoms with E-state index in [0.29, 0.717) is 40.2 Å². The quantitative estimate of drug-likeness (QED) is 0.304. The van der Waals surface area contributed by atoms with Gasteiger partial charge in [-0.05, 0) is 58.7 Å². The van der Waals surface area contributed by atoms with Crippen LogP contribution < -0.4 is 20.3 Å². The lowest BCUT2D eigenvalue weighted by Gasteiger charge is -2.42. The first-order valence-electron chi connectivity index (χ1n) is 13.3. The van der Waals surface area contributed by atoms with Crippen LogP contribution in [0.2, 0.25) is 10.0 Å². The van der Waals surface area contributed by atoms with Gasteiger partial charge in [-0.15, -0.1) is 0 Å². The number of hydrogen-bond donors (Lipinski definition) is 1. The number of nitrogens with zero attached hydrogens (tertiary/aromatic N) is 7. The van der Waals surface area contributed by atoms with E-state index in [1.54, 1.807) is 24.5 Å². The Hall–Kier alpha value is -3.14. The summed E-state index contributed by atoms with van der Waals surface area (Å²) in [6.07, 6.45) is 5.45. The molecular weight excluding hydrogens is 535 g/mol. The van der Waals surface area contributed by atoms with Crippen molar-refractivity contribution >= 4 is 40.6 Å². The molecule has 0 radical (unpaired) electrons. The summed E-state index contributed by atoms with van der Waals surface area (Å²) in [5.74, 6) is 2.36. The number of piperidine rings is 1. The Morgan fingerprint density at radius 3 is 2.36 bits per heavy atom. The lowest BCUT2D eigenvalue weighted by Crippen LogP contribution is -2.51. The molecule has 9 nitrogen and oxygen atoms in total. The third-order valence-electron chi connectivity index (χ3n) is 7.22. The molecule has 11 heteroatoms. The van der Waals surface area contributed by atoms with Crippen LogP contribution in [-0.4, -0.2) is 62.9 Å². The normalized spacial score (nSPS) is 15.1. The second-order valence-electron chi connectivity index (χ2n) is 9.91. The van der Waals surface area contributed by atoms with Crippen molar-refractivity contribution < 1.29 is 4.74 Å². The summed E-state index contributed by atoms with van der Waals surface area (Å²) in [6, 6.07) is 7.86. The van der Waals surface area contributed by atoms with Crippen molar-refractivity contribution in [1.82, 2.24) is 24.6 Å². The van der Waals surface area contributed by atoms with Gasteiger partial charge in [-0.2, -0.15) is 9.61 Å². The van der Waals surface area contributed by atoms with Crippen LogP contribution in [0, 0.1) is 13.8 Å². The Morgan fingerprint density at radius 1 is 1.08 bits per heavy atom. The van der Waals surface area contributed by atoms with E-state index in [9.17, 15) is 0 Å². The highest BCUT2D eigenvalue weighted by Gasteiger charge is 2.31. The van der Waals surface area contributed by atoms with Gasteiger partial charge in [0.2, 0.25) is 5.95 Å².